The van der Waals surface area contributed by atoms with Crippen molar-refractivity contribution >= 4 is 11.9 Å². The molecule has 3 amide bonds. The van der Waals surface area contributed by atoms with Gasteiger partial charge in [0.05, 0.1) is 0 Å². The molecule has 3 N–H and O–H groups in total. The Morgan fingerprint density at radius 2 is 2.11 bits per heavy atom. The zero-order valence-corrected chi connectivity index (χ0v) is 11.5. The van der Waals surface area contributed by atoms with Crippen LogP contribution in [0.2, 0.25) is 0 Å². The summed E-state index contributed by atoms with van der Waals surface area (Å²) in [5.41, 5.74) is 7.72. The first-order valence-corrected chi connectivity index (χ1v) is 6.36. The number of amides is 3. The Hall–Kier alpha value is -1.88. The summed E-state index contributed by atoms with van der Waals surface area (Å²) in [5.74, 6) is -0.293. The summed E-state index contributed by atoms with van der Waals surface area (Å²) in [4.78, 5) is 24.2. The van der Waals surface area contributed by atoms with Crippen molar-refractivity contribution in [3.63, 3.8) is 0 Å². The van der Waals surface area contributed by atoms with Gasteiger partial charge in [-0.05, 0) is 18.9 Å². The lowest BCUT2D eigenvalue weighted by atomic mass is 10.1. The van der Waals surface area contributed by atoms with E-state index in [-0.39, 0.29) is 25.0 Å². The van der Waals surface area contributed by atoms with Gasteiger partial charge in [0, 0.05) is 26.6 Å². The van der Waals surface area contributed by atoms with Crippen LogP contribution in [0.3, 0.4) is 0 Å². The van der Waals surface area contributed by atoms with E-state index in [0.29, 0.717) is 6.54 Å². The van der Waals surface area contributed by atoms with Gasteiger partial charge in [-0.15, -0.1) is 0 Å². The first kappa shape index (κ1) is 15.2. The average molecular weight is 263 g/mol. The molecule has 0 heterocycles. The summed E-state index contributed by atoms with van der Waals surface area (Å²) >= 11 is 0. The molecular weight excluding hydrogens is 242 g/mol. The minimum absolute atomic E-state index is 0.242. The molecule has 0 atom stereocenters. The molecule has 19 heavy (non-hydrogen) atoms. The van der Waals surface area contributed by atoms with Gasteiger partial charge in [0.15, 0.2) is 0 Å². The summed E-state index contributed by atoms with van der Waals surface area (Å²) in [6.07, 6.45) is 0.738. The van der Waals surface area contributed by atoms with Crippen LogP contribution in [0.25, 0.3) is 0 Å². The Bertz CT molecular complexity index is 446. The summed E-state index contributed by atoms with van der Waals surface area (Å²) in [6, 6.07) is 7.73. The van der Waals surface area contributed by atoms with Gasteiger partial charge < -0.3 is 11.1 Å². The van der Waals surface area contributed by atoms with E-state index in [2.05, 4.69) is 11.4 Å². The maximum atomic E-state index is 11.8. The van der Waals surface area contributed by atoms with Gasteiger partial charge in [-0.1, -0.05) is 29.8 Å². The van der Waals surface area contributed by atoms with Gasteiger partial charge in [0.25, 0.3) is 0 Å². The molecule has 0 aliphatic rings. The predicted octanol–water partition coefficient (Wildman–Crippen LogP) is 1.05. The van der Waals surface area contributed by atoms with Gasteiger partial charge in [-0.3, -0.25) is 9.69 Å². The van der Waals surface area contributed by atoms with Gasteiger partial charge in [-0.25, -0.2) is 4.79 Å². The smallest absolute Gasteiger partial charge is 0.324 e. The molecule has 0 spiro atoms. The molecular formula is C14H21N3O2. The molecule has 1 aromatic carbocycles. The molecule has 1 rings (SSSR count). The van der Waals surface area contributed by atoms with Gasteiger partial charge in [0.1, 0.15) is 0 Å². The van der Waals surface area contributed by atoms with E-state index in [1.165, 1.54) is 12.5 Å². The highest BCUT2D eigenvalue weighted by Crippen LogP contribution is 2.04. The van der Waals surface area contributed by atoms with Crippen LogP contribution >= 0.6 is 0 Å². The molecule has 0 saturated heterocycles. The molecule has 0 saturated carbocycles. The Morgan fingerprint density at radius 1 is 1.37 bits per heavy atom. The Morgan fingerprint density at radius 3 is 2.68 bits per heavy atom. The second-order valence-corrected chi connectivity index (χ2v) is 4.43. The number of imide groups is 1. The number of nitrogens with one attached hydrogen (secondary N) is 1. The van der Waals surface area contributed by atoms with E-state index in [1.807, 2.05) is 25.1 Å². The minimum atomic E-state index is -0.384. The Balaban J connectivity index is 2.43. The number of carbonyl (C=O) groups is 2. The minimum Gasteiger partial charge on any atom is -0.337 e. The summed E-state index contributed by atoms with van der Waals surface area (Å²) in [7, 11) is 0. The van der Waals surface area contributed by atoms with E-state index in [0.717, 1.165) is 16.9 Å². The number of urea groups is 1. The molecule has 5 nitrogen and oxygen atoms in total. The molecule has 104 valence electrons. The lowest BCUT2D eigenvalue weighted by Gasteiger charge is -2.18. The molecule has 0 aliphatic carbocycles. The third-order valence-electron chi connectivity index (χ3n) is 2.75. The summed E-state index contributed by atoms with van der Waals surface area (Å²) < 4.78 is 0. The highest BCUT2D eigenvalue weighted by Gasteiger charge is 2.15. The topological polar surface area (TPSA) is 75.4 Å². The summed E-state index contributed by atoms with van der Waals surface area (Å²) in [6.45, 7) is 4.39. The molecule has 0 aliphatic heterocycles. The highest BCUT2D eigenvalue weighted by molar-refractivity contribution is 5.93. The number of carbonyl (C=O) groups excluding carboxylic acids is 2. The van der Waals surface area contributed by atoms with Crippen LogP contribution in [0.15, 0.2) is 24.3 Å². The second-order valence-electron chi connectivity index (χ2n) is 4.43. The van der Waals surface area contributed by atoms with Crippen LogP contribution in [-0.4, -0.2) is 36.5 Å². The molecule has 0 bridgehead atoms. The third kappa shape index (κ3) is 5.09. The Kier molecular flexibility index (Phi) is 6.02. The second kappa shape index (κ2) is 7.53. The van der Waals surface area contributed by atoms with Crippen LogP contribution in [0, 0.1) is 6.92 Å². The Labute approximate surface area is 113 Å². The maximum Gasteiger partial charge on any atom is 0.324 e. The van der Waals surface area contributed by atoms with Gasteiger partial charge in [0.2, 0.25) is 5.91 Å². The van der Waals surface area contributed by atoms with E-state index >= 15 is 0 Å². The van der Waals surface area contributed by atoms with Gasteiger partial charge >= 0.3 is 6.03 Å². The van der Waals surface area contributed by atoms with Crippen molar-refractivity contribution in [1.29, 1.82) is 0 Å². The van der Waals surface area contributed by atoms with Crippen molar-refractivity contribution in [2.45, 2.75) is 20.3 Å². The first-order chi connectivity index (χ1) is 9.04. The quantitative estimate of drug-likeness (QED) is 0.834. The number of aryl methyl sites for hydroxylation is 1. The largest absolute Gasteiger partial charge is 0.337 e. The van der Waals surface area contributed by atoms with Crippen molar-refractivity contribution in [2.75, 3.05) is 19.6 Å². The summed E-state index contributed by atoms with van der Waals surface area (Å²) in [5, 5.41) is 2.73. The molecule has 1 aromatic rings. The van der Waals surface area contributed by atoms with E-state index < -0.39 is 0 Å². The van der Waals surface area contributed by atoms with Crippen LogP contribution in [0.4, 0.5) is 4.79 Å². The fourth-order valence-corrected chi connectivity index (χ4v) is 1.81. The van der Waals surface area contributed by atoms with Crippen molar-refractivity contribution < 1.29 is 9.59 Å². The molecule has 0 fully saturated rings. The predicted molar refractivity (Wildman–Crippen MR) is 74.7 cm³/mol. The third-order valence-corrected chi connectivity index (χ3v) is 2.75. The van der Waals surface area contributed by atoms with E-state index in [9.17, 15) is 9.59 Å². The van der Waals surface area contributed by atoms with Crippen molar-refractivity contribution in [1.82, 2.24) is 10.2 Å². The zero-order valence-electron chi connectivity index (χ0n) is 11.5. The zero-order chi connectivity index (χ0) is 14.3. The number of hydrogen-bond acceptors (Lipinski definition) is 3. The van der Waals surface area contributed by atoms with Crippen LogP contribution in [0.1, 0.15) is 18.1 Å². The monoisotopic (exact) mass is 263 g/mol. The number of hydrogen-bond donors (Lipinski definition) is 2. The lowest BCUT2D eigenvalue weighted by molar-refractivity contribution is -0.125. The van der Waals surface area contributed by atoms with Crippen molar-refractivity contribution in [3.8, 4) is 0 Å². The lowest BCUT2D eigenvalue weighted by Crippen LogP contribution is -2.45. The molecule has 5 heteroatoms. The first-order valence-electron chi connectivity index (χ1n) is 6.36. The molecule has 0 unspecified atom stereocenters. The van der Waals surface area contributed by atoms with E-state index in [1.54, 1.807) is 0 Å². The highest BCUT2D eigenvalue weighted by atomic mass is 16.2. The SMILES string of the molecule is CC(=O)N(CCN)C(=O)NCCc1cccc(C)c1. The number of rotatable bonds is 5. The maximum absolute atomic E-state index is 11.8. The standard InChI is InChI=1S/C14H21N3O2/c1-11-4-3-5-13(10-11)6-8-16-14(19)17(9-7-15)12(2)18/h3-5,10H,6-9,15H2,1-2H3,(H,16,19). The normalized spacial score (nSPS) is 10.1. The number of nitrogens with zero attached hydrogens (tertiary/aromatic N) is 1. The average Bonchev–Trinajstić information content (AvgIpc) is 2.35. The molecule has 0 radical (unpaired) electrons. The number of nitrogens with two attached hydrogens (primary N) is 1. The van der Waals surface area contributed by atoms with E-state index in [4.69, 9.17) is 5.73 Å². The van der Waals surface area contributed by atoms with Crippen molar-refractivity contribution in [3.05, 3.63) is 35.4 Å². The van der Waals surface area contributed by atoms with Crippen LogP contribution < -0.4 is 11.1 Å². The van der Waals surface area contributed by atoms with Crippen molar-refractivity contribution in [2.24, 2.45) is 5.73 Å². The fourth-order valence-electron chi connectivity index (χ4n) is 1.81. The van der Waals surface area contributed by atoms with Crippen LogP contribution in [-0.2, 0) is 11.2 Å². The molecule has 0 aromatic heterocycles. The fraction of sp³-hybridized carbons (Fsp3) is 0.429. The van der Waals surface area contributed by atoms with Crippen LogP contribution in [0.5, 0.6) is 0 Å². The number of benzene rings is 1. The van der Waals surface area contributed by atoms with Gasteiger partial charge in [-0.2, -0.15) is 0 Å².